The van der Waals surface area contributed by atoms with Gasteiger partial charge in [0.1, 0.15) is 42.0 Å². The van der Waals surface area contributed by atoms with Gasteiger partial charge in [-0.15, -0.1) is 0 Å². The zero-order chi connectivity index (χ0) is 43.5. The van der Waals surface area contributed by atoms with Gasteiger partial charge in [0.15, 0.2) is 17.9 Å². The zero-order valence-electron chi connectivity index (χ0n) is 35.9. The Morgan fingerprint density at radius 3 is 1.83 bits per heavy atom. The first kappa shape index (κ1) is 51.6. The molecule has 342 valence electrons. The lowest BCUT2D eigenvalue weighted by Crippen LogP contribution is -2.60. The summed E-state index contributed by atoms with van der Waals surface area (Å²) in [6.45, 7) is 1.26. The maximum absolute atomic E-state index is 13.4. The number of benzene rings is 2. The molecular formula is C47H75F2NO10. The fourth-order valence-corrected chi connectivity index (χ4v) is 7.62. The topological polar surface area (TPSA) is 178 Å². The molecule has 60 heavy (non-hydrogen) atoms. The Morgan fingerprint density at radius 1 is 0.700 bits per heavy atom. The van der Waals surface area contributed by atoms with Gasteiger partial charge in [-0.05, 0) is 55.5 Å². The normalized spacial score (nSPS) is 20.8. The molecular weight excluding hydrogens is 777 g/mol. The first-order valence-corrected chi connectivity index (χ1v) is 22.8. The predicted molar refractivity (Wildman–Crippen MR) is 227 cm³/mol. The summed E-state index contributed by atoms with van der Waals surface area (Å²) in [7, 11) is 0. The van der Waals surface area contributed by atoms with E-state index in [2.05, 4.69) is 12.2 Å². The number of aryl methyl sites for hydroxylation is 1. The van der Waals surface area contributed by atoms with Gasteiger partial charge in [-0.2, -0.15) is 0 Å². The second-order valence-electron chi connectivity index (χ2n) is 16.6. The van der Waals surface area contributed by atoms with Gasteiger partial charge >= 0.3 is 0 Å². The molecule has 0 aromatic heterocycles. The second-order valence-corrected chi connectivity index (χ2v) is 16.6. The minimum Gasteiger partial charge on any atom is -0.457 e. The number of nitrogens with one attached hydrogen (secondary N) is 1. The number of hydrogen-bond donors (Lipinski definition) is 7. The molecule has 2 aromatic carbocycles. The molecule has 0 aliphatic carbocycles. The van der Waals surface area contributed by atoms with E-state index in [9.17, 15) is 44.2 Å². The highest BCUT2D eigenvalue weighted by atomic mass is 19.2. The van der Waals surface area contributed by atoms with Gasteiger partial charge in [0.25, 0.3) is 0 Å². The molecule has 1 fully saturated rings. The summed E-state index contributed by atoms with van der Waals surface area (Å²) in [6.07, 6.45) is 13.6. The van der Waals surface area contributed by atoms with Crippen LogP contribution in [0.1, 0.15) is 154 Å². The number of amides is 1. The average Bonchev–Trinajstić information content (AvgIpc) is 3.24. The van der Waals surface area contributed by atoms with E-state index in [1.807, 2.05) is 24.3 Å². The first-order valence-electron chi connectivity index (χ1n) is 22.8. The molecule has 1 amide bonds. The number of hydrogen-bond acceptors (Lipinski definition) is 10. The summed E-state index contributed by atoms with van der Waals surface area (Å²) in [4.78, 5) is 13.0. The van der Waals surface area contributed by atoms with Crippen molar-refractivity contribution in [3.63, 3.8) is 0 Å². The van der Waals surface area contributed by atoms with E-state index in [-0.39, 0.29) is 24.7 Å². The van der Waals surface area contributed by atoms with Gasteiger partial charge < -0.3 is 50.2 Å². The summed E-state index contributed by atoms with van der Waals surface area (Å²) >= 11 is 0. The summed E-state index contributed by atoms with van der Waals surface area (Å²) < 4.78 is 43.3. The standard InChI is InChI=1S/C47H75F2NO10/c1-2-3-4-5-6-7-8-9-10-14-17-20-23-40(52)43(54)39(33-58-47-46(57)45(56)44(55)41(32-51)60-47)50-42(53)24-21-18-15-12-11-13-16-19-22-34-25-27-35(28-26-34)59-36-29-30-37(48)38(49)31-36/h25-31,39-41,43-47,51-52,54-57H,2-24,32-33H2,1H3,(H,50,53)/t39-,40+,41?,43-,44-,45-,46?,47-/m0/s1. The first-order chi connectivity index (χ1) is 29.0. The molecule has 2 unspecified atom stereocenters. The lowest BCUT2D eigenvalue weighted by atomic mass is 9.98. The van der Waals surface area contributed by atoms with E-state index in [1.54, 1.807) is 0 Å². The molecule has 1 aliphatic heterocycles. The minimum absolute atomic E-state index is 0.225. The molecule has 0 radical (unpaired) electrons. The van der Waals surface area contributed by atoms with E-state index < -0.39 is 67.2 Å². The number of halogens is 2. The van der Waals surface area contributed by atoms with Crippen molar-refractivity contribution < 1.29 is 58.4 Å². The molecule has 1 heterocycles. The maximum Gasteiger partial charge on any atom is 0.220 e. The molecule has 0 bridgehead atoms. The van der Waals surface area contributed by atoms with Gasteiger partial charge in [-0.3, -0.25) is 4.79 Å². The largest absolute Gasteiger partial charge is 0.457 e. The Labute approximate surface area is 356 Å². The molecule has 7 N–H and O–H groups in total. The summed E-state index contributed by atoms with van der Waals surface area (Å²) in [5, 5.41) is 65.2. The van der Waals surface area contributed by atoms with Crippen molar-refractivity contribution in [3.8, 4) is 11.5 Å². The molecule has 0 saturated carbocycles. The molecule has 0 spiro atoms. The summed E-state index contributed by atoms with van der Waals surface area (Å²) in [5.41, 5.74) is 1.18. The lowest BCUT2D eigenvalue weighted by molar-refractivity contribution is -0.303. The van der Waals surface area contributed by atoms with Crippen LogP contribution in [-0.4, -0.2) is 98.7 Å². The molecule has 1 saturated heterocycles. The Balaban J connectivity index is 1.32. The van der Waals surface area contributed by atoms with Gasteiger partial charge in [0.05, 0.1) is 25.4 Å². The minimum atomic E-state index is -1.63. The fourth-order valence-electron chi connectivity index (χ4n) is 7.62. The lowest BCUT2D eigenvalue weighted by Gasteiger charge is -2.40. The number of rotatable bonds is 33. The monoisotopic (exact) mass is 852 g/mol. The molecule has 11 nitrogen and oxygen atoms in total. The molecule has 8 atom stereocenters. The van der Waals surface area contributed by atoms with Crippen LogP contribution in [0.25, 0.3) is 0 Å². The fraction of sp³-hybridized carbons (Fsp3) is 0.723. The van der Waals surface area contributed by atoms with Crippen LogP contribution in [-0.2, 0) is 20.7 Å². The van der Waals surface area contributed by atoms with Crippen LogP contribution >= 0.6 is 0 Å². The van der Waals surface area contributed by atoms with Crippen molar-refractivity contribution in [2.45, 2.75) is 204 Å². The van der Waals surface area contributed by atoms with E-state index in [0.29, 0.717) is 18.6 Å². The number of ether oxygens (including phenoxy) is 3. The Hall–Kier alpha value is -2.75. The van der Waals surface area contributed by atoms with Crippen LogP contribution < -0.4 is 10.1 Å². The van der Waals surface area contributed by atoms with Crippen LogP contribution in [0.4, 0.5) is 8.78 Å². The Bertz CT molecular complexity index is 1420. The second kappa shape index (κ2) is 30.3. The predicted octanol–water partition coefficient (Wildman–Crippen LogP) is 7.92. The van der Waals surface area contributed by atoms with Crippen LogP contribution in [0, 0.1) is 11.6 Å². The van der Waals surface area contributed by atoms with Crippen molar-refractivity contribution in [3.05, 3.63) is 59.7 Å². The number of aliphatic hydroxyl groups is 6. The molecule has 3 rings (SSSR count). The highest BCUT2D eigenvalue weighted by Gasteiger charge is 2.44. The molecule has 2 aromatic rings. The summed E-state index contributed by atoms with van der Waals surface area (Å²) in [6, 6.07) is 10.0. The Kier molecular flexibility index (Phi) is 26.1. The van der Waals surface area contributed by atoms with Crippen LogP contribution in [0.3, 0.4) is 0 Å². The number of unbranched alkanes of at least 4 members (excludes halogenated alkanes) is 18. The van der Waals surface area contributed by atoms with E-state index in [4.69, 9.17) is 14.2 Å². The van der Waals surface area contributed by atoms with Crippen molar-refractivity contribution in [1.82, 2.24) is 5.32 Å². The Morgan fingerprint density at radius 2 is 1.25 bits per heavy atom. The third-order valence-electron chi connectivity index (χ3n) is 11.5. The van der Waals surface area contributed by atoms with Gasteiger partial charge in [-0.25, -0.2) is 8.78 Å². The van der Waals surface area contributed by atoms with Crippen LogP contribution in [0.5, 0.6) is 11.5 Å². The molecule has 1 aliphatic rings. The van der Waals surface area contributed by atoms with Gasteiger partial charge in [0.2, 0.25) is 5.91 Å². The number of carbonyl (C=O) groups excluding carboxylic acids is 1. The van der Waals surface area contributed by atoms with Crippen molar-refractivity contribution in [1.29, 1.82) is 0 Å². The van der Waals surface area contributed by atoms with Crippen LogP contribution in [0.2, 0.25) is 0 Å². The van der Waals surface area contributed by atoms with Gasteiger partial charge in [0, 0.05) is 12.5 Å². The summed E-state index contributed by atoms with van der Waals surface area (Å²) in [5.74, 6) is -1.38. The highest BCUT2D eigenvalue weighted by Crippen LogP contribution is 2.25. The SMILES string of the molecule is CCCCCCCCCCCCCC[C@@H](O)[C@@H](O)[C@H](CO[C@H]1OC(CO)[C@H](O)[C@H](O)C1O)NC(=O)CCCCCCCCCCc1ccc(Oc2ccc(F)c(F)c2)cc1. The third-order valence-corrected chi connectivity index (χ3v) is 11.5. The smallest absolute Gasteiger partial charge is 0.220 e. The van der Waals surface area contributed by atoms with Crippen molar-refractivity contribution in [2.24, 2.45) is 0 Å². The number of aliphatic hydroxyl groups excluding tert-OH is 6. The average molecular weight is 852 g/mol. The van der Waals surface area contributed by atoms with Crippen molar-refractivity contribution in [2.75, 3.05) is 13.2 Å². The number of carbonyl (C=O) groups is 1. The highest BCUT2D eigenvalue weighted by molar-refractivity contribution is 5.76. The van der Waals surface area contributed by atoms with Crippen molar-refractivity contribution >= 4 is 5.91 Å². The van der Waals surface area contributed by atoms with Crippen LogP contribution in [0.15, 0.2) is 42.5 Å². The maximum atomic E-state index is 13.4. The van der Waals surface area contributed by atoms with E-state index in [0.717, 1.165) is 89.2 Å². The molecule has 13 heteroatoms. The zero-order valence-corrected chi connectivity index (χ0v) is 35.9. The third kappa shape index (κ3) is 20.0. The quantitative estimate of drug-likeness (QED) is 0.0349. The van der Waals surface area contributed by atoms with E-state index in [1.165, 1.54) is 63.0 Å². The van der Waals surface area contributed by atoms with Gasteiger partial charge in [-0.1, -0.05) is 135 Å². The van der Waals surface area contributed by atoms with E-state index >= 15 is 0 Å².